The fourth-order valence-corrected chi connectivity index (χ4v) is 3.16. The van der Waals surface area contributed by atoms with Crippen LogP contribution in [-0.4, -0.2) is 49.1 Å². The zero-order chi connectivity index (χ0) is 16.4. The molecule has 0 spiro atoms. The van der Waals surface area contributed by atoms with Crippen LogP contribution in [-0.2, 0) is 21.4 Å². The summed E-state index contributed by atoms with van der Waals surface area (Å²) in [5.41, 5.74) is 0.874. The average Bonchev–Trinajstić information content (AvgIpc) is 2.62. The molecule has 0 radical (unpaired) electrons. The van der Waals surface area contributed by atoms with E-state index in [0.29, 0.717) is 23.9 Å². The molecule has 0 aromatic carbocycles. The lowest BCUT2D eigenvalue weighted by atomic mass is 10.2. The van der Waals surface area contributed by atoms with E-state index in [1.807, 2.05) is 13.8 Å². The first-order valence-corrected chi connectivity index (χ1v) is 8.24. The Hall–Kier alpha value is -1.41. The van der Waals surface area contributed by atoms with Crippen molar-refractivity contribution in [3.63, 3.8) is 0 Å². The molecular formula is C13H24N4O3S. The molecule has 0 aliphatic heterocycles. The van der Waals surface area contributed by atoms with Crippen LogP contribution in [0, 0.1) is 19.8 Å². The van der Waals surface area contributed by atoms with Gasteiger partial charge >= 0.3 is 0 Å². The van der Waals surface area contributed by atoms with Crippen molar-refractivity contribution < 1.29 is 13.2 Å². The Morgan fingerprint density at radius 3 is 2.38 bits per heavy atom. The van der Waals surface area contributed by atoms with Gasteiger partial charge in [0.2, 0.25) is 15.9 Å². The fourth-order valence-electron chi connectivity index (χ4n) is 1.90. The Balaban J connectivity index is 3.01. The van der Waals surface area contributed by atoms with Gasteiger partial charge in [-0.25, -0.2) is 12.7 Å². The molecule has 120 valence electrons. The molecule has 0 unspecified atom stereocenters. The van der Waals surface area contributed by atoms with Crippen LogP contribution >= 0.6 is 0 Å². The van der Waals surface area contributed by atoms with Crippen LogP contribution in [0.25, 0.3) is 0 Å². The van der Waals surface area contributed by atoms with Crippen LogP contribution in [0.15, 0.2) is 4.90 Å². The van der Waals surface area contributed by atoms with Gasteiger partial charge in [0.1, 0.15) is 11.4 Å². The molecule has 0 aliphatic rings. The number of carbonyl (C=O) groups is 1. The topological polar surface area (TPSA) is 84.3 Å². The molecular weight excluding hydrogens is 292 g/mol. The van der Waals surface area contributed by atoms with E-state index in [4.69, 9.17) is 0 Å². The molecule has 1 N–H and O–H groups in total. The average molecular weight is 316 g/mol. The van der Waals surface area contributed by atoms with Crippen molar-refractivity contribution in [2.24, 2.45) is 5.92 Å². The Morgan fingerprint density at radius 1 is 1.33 bits per heavy atom. The standard InChI is InChI=1S/C13H24N4O3S/c1-9(2)7-14-12(18)8-17-11(4)13(10(3)15-17)21(19,20)16(5)6/h9H,7-8H2,1-6H3,(H,14,18). The Kier molecular flexibility index (Phi) is 5.52. The van der Waals surface area contributed by atoms with E-state index in [-0.39, 0.29) is 17.3 Å². The highest BCUT2D eigenvalue weighted by molar-refractivity contribution is 7.89. The lowest BCUT2D eigenvalue weighted by molar-refractivity contribution is -0.122. The SMILES string of the molecule is Cc1nn(CC(=O)NCC(C)C)c(C)c1S(=O)(=O)N(C)C. The number of hydrogen-bond acceptors (Lipinski definition) is 4. The molecule has 0 fully saturated rings. The van der Waals surface area contributed by atoms with Crippen LogP contribution in [0.1, 0.15) is 25.2 Å². The number of aryl methyl sites for hydroxylation is 1. The third-order valence-electron chi connectivity index (χ3n) is 3.05. The molecule has 7 nitrogen and oxygen atoms in total. The largest absolute Gasteiger partial charge is 0.354 e. The Bertz CT molecular complexity index is 618. The molecule has 0 saturated heterocycles. The molecule has 0 aliphatic carbocycles. The maximum absolute atomic E-state index is 12.3. The summed E-state index contributed by atoms with van der Waals surface area (Å²) < 4.78 is 27.1. The first kappa shape index (κ1) is 17.6. The number of amides is 1. The predicted octanol–water partition coefficient (Wildman–Crippen LogP) is 0.522. The maximum atomic E-state index is 12.3. The summed E-state index contributed by atoms with van der Waals surface area (Å²) in [7, 11) is -0.614. The summed E-state index contributed by atoms with van der Waals surface area (Å²) in [5.74, 6) is 0.183. The highest BCUT2D eigenvalue weighted by atomic mass is 32.2. The summed E-state index contributed by atoms with van der Waals surface area (Å²) in [5, 5.41) is 6.96. The molecule has 1 heterocycles. The van der Waals surface area contributed by atoms with Crippen LogP contribution in [0.4, 0.5) is 0 Å². The van der Waals surface area contributed by atoms with Crippen molar-refractivity contribution in [3.8, 4) is 0 Å². The van der Waals surface area contributed by atoms with E-state index >= 15 is 0 Å². The number of hydrogen-bond donors (Lipinski definition) is 1. The molecule has 1 aromatic heterocycles. The van der Waals surface area contributed by atoms with Crippen LogP contribution in [0.3, 0.4) is 0 Å². The Morgan fingerprint density at radius 2 is 1.90 bits per heavy atom. The van der Waals surface area contributed by atoms with Crippen molar-refractivity contribution in [3.05, 3.63) is 11.4 Å². The first-order valence-electron chi connectivity index (χ1n) is 6.80. The van der Waals surface area contributed by atoms with E-state index in [9.17, 15) is 13.2 Å². The van der Waals surface area contributed by atoms with Gasteiger partial charge < -0.3 is 5.32 Å². The molecule has 1 amide bonds. The first-order chi connectivity index (χ1) is 9.57. The molecule has 8 heteroatoms. The van der Waals surface area contributed by atoms with Crippen molar-refractivity contribution >= 4 is 15.9 Å². The summed E-state index contributed by atoms with van der Waals surface area (Å²) in [6.07, 6.45) is 0. The summed E-state index contributed by atoms with van der Waals surface area (Å²) in [4.78, 5) is 12.0. The quantitative estimate of drug-likeness (QED) is 0.829. The van der Waals surface area contributed by atoms with Gasteiger partial charge in [0, 0.05) is 20.6 Å². The molecule has 1 rings (SSSR count). The monoisotopic (exact) mass is 316 g/mol. The molecule has 0 bridgehead atoms. The number of rotatable bonds is 6. The third kappa shape index (κ3) is 4.04. The van der Waals surface area contributed by atoms with Gasteiger partial charge in [0.05, 0.1) is 11.4 Å². The van der Waals surface area contributed by atoms with Gasteiger partial charge in [0.25, 0.3) is 0 Å². The van der Waals surface area contributed by atoms with E-state index < -0.39 is 10.0 Å². The van der Waals surface area contributed by atoms with Gasteiger partial charge in [-0.2, -0.15) is 5.10 Å². The zero-order valence-electron chi connectivity index (χ0n) is 13.5. The van der Waals surface area contributed by atoms with Crippen molar-refractivity contribution in [2.75, 3.05) is 20.6 Å². The smallest absolute Gasteiger partial charge is 0.246 e. The lowest BCUT2D eigenvalue weighted by Crippen LogP contribution is -2.31. The van der Waals surface area contributed by atoms with Crippen molar-refractivity contribution in [1.29, 1.82) is 0 Å². The summed E-state index contributed by atoms with van der Waals surface area (Å²) in [6, 6.07) is 0. The number of nitrogens with one attached hydrogen (secondary N) is 1. The van der Waals surface area contributed by atoms with Gasteiger partial charge in [-0.1, -0.05) is 13.8 Å². The fraction of sp³-hybridized carbons (Fsp3) is 0.692. The molecule has 1 aromatic rings. The van der Waals surface area contributed by atoms with E-state index in [2.05, 4.69) is 10.4 Å². The van der Waals surface area contributed by atoms with Gasteiger partial charge in [0.15, 0.2) is 0 Å². The highest BCUT2D eigenvalue weighted by Crippen LogP contribution is 2.21. The number of aromatic nitrogens is 2. The van der Waals surface area contributed by atoms with Crippen LogP contribution in [0.2, 0.25) is 0 Å². The van der Waals surface area contributed by atoms with Gasteiger partial charge in [-0.3, -0.25) is 9.48 Å². The third-order valence-corrected chi connectivity index (χ3v) is 5.12. The van der Waals surface area contributed by atoms with E-state index in [1.165, 1.54) is 18.8 Å². The second-order valence-electron chi connectivity index (χ2n) is 5.64. The van der Waals surface area contributed by atoms with E-state index in [1.54, 1.807) is 13.8 Å². The van der Waals surface area contributed by atoms with Crippen LogP contribution in [0.5, 0.6) is 0 Å². The predicted molar refractivity (Wildman–Crippen MR) is 80.4 cm³/mol. The Labute approximate surface area is 126 Å². The second kappa shape index (κ2) is 6.57. The number of nitrogens with zero attached hydrogens (tertiary/aromatic N) is 3. The molecule has 0 atom stereocenters. The minimum atomic E-state index is -3.56. The van der Waals surface area contributed by atoms with Crippen molar-refractivity contribution in [1.82, 2.24) is 19.4 Å². The minimum Gasteiger partial charge on any atom is -0.354 e. The zero-order valence-corrected chi connectivity index (χ0v) is 14.3. The second-order valence-corrected chi connectivity index (χ2v) is 7.73. The normalized spacial score (nSPS) is 12.2. The van der Waals surface area contributed by atoms with Gasteiger partial charge in [-0.15, -0.1) is 0 Å². The highest BCUT2D eigenvalue weighted by Gasteiger charge is 2.27. The van der Waals surface area contributed by atoms with Crippen molar-refractivity contribution in [2.45, 2.75) is 39.1 Å². The number of sulfonamides is 1. The maximum Gasteiger partial charge on any atom is 0.246 e. The summed E-state index contributed by atoms with van der Waals surface area (Å²) in [6.45, 7) is 7.90. The van der Waals surface area contributed by atoms with Crippen LogP contribution < -0.4 is 5.32 Å². The lowest BCUT2D eigenvalue weighted by Gasteiger charge is -2.12. The molecule has 21 heavy (non-hydrogen) atoms. The number of carbonyl (C=O) groups excluding carboxylic acids is 1. The minimum absolute atomic E-state index is 0.0162. The molecule has 0 saturated carbocycles. The van der Waals surface area contributed by atoms with E-state index in [0.717, 1.165) is 4.31 Å². The van der Waals surface area contributed by atoms with Gasteiger partial charge in [-0.05, 0) is 19.8 Å². The summed E-state index contributed by atoms with van der Waals surface area (Å²) >= 11 is 0.